The Morgan fingerprint density at radius 1 is 1.22 bits per heavy atom. The first kappa shape index (κ1) is 17.9. The predicted octanol–water partition coefficient (Wildman–Crippen LogP) is 0.139. The van der Waals surface area contributed by atoms with Gasteiger partial charge in [0.2, 0.25) is 17.7 Å². The summed E-state index contributed by atoms with van der Waals surface area (Å²) in [5.74, 6) is -0.473. The number of nitrogens with zero attached hydrogens (tertiary/aromatic N) is 2. The van der Waals surface area contributed by atoms with Crippen LogP contribution in [-0.4, -0.2) is 72.0 Å². The molecule has 2 heterocycles. The zero-order chi connectivity index (χ0) is 17.0. The molecule has 7 nitrogen and oxygen atoms in total. The summed E-state index contributed by atoms with van der Waals surface area (Å²) in [6.45, 7) is 8.65. The van der Waals surface area contributed by atoms with Gasteiger partial charge in [-0.3, -0.25) is 24.2 Å². The fraction of sp³-hybridized carbons (Fsp3) is 0.812. The van der Waals surface area contributed by atoms with Crippen molar-refractivity contribution in [2.24, 2.45) is 0 Å². The molecule has 0 aromatic carbocycles. The molecular formula is C16H27N3O4. The lowest BCUT2D eigenvalue weighted by Gasteiger charge is -2.39. The number of ether oxygens (including phenoxy) is 1. The van der Waals surface area contributed by atoms with Crippen LogP contribution in [0.1, 0.15) is 40.0 Å². The van der Waals surface area contributed by atoms with E-state index in [1.165, 1.54) is 4.90 Å². The Morgan fingerprint density at radius 2 is 1.78 bits per heavy atom. The van der Waals surface area contributed by atoms with Gasteiger partial charge < -0.3 is 10.1 Å². The van der Waals surface area contributed by atoms with Crippen LogP contribution in [0, 0.1) is 0 Å². The van der Waals surface area contributed by atoms with Gasteiger partial charge in [0.25, 0.3) is 0 Å². The second kappa shape index (κ2) is 7.88. The molecule has 0 unspecified atom stereocenters. The van der Waals surface area contributed by atoms with E-state index in [-0.39, 0.29) is 61.8 Å². The van der Waals surface area contributed by atoms with Crippen LogP contribution in [-0.2, 0) is 19.1 Å². The summed E-state index contributed by atoms with van der Waals surface area (Å²) in [7, 11) is 0. The number of nitrogens with one attached hydrogen (secondary N) is 1. The SMILES string of the molecule is C[C@@H]1CN([C@@H](C)CNC(=O)CCN2C(=O)CCC2=O)C[C@@H](C)O1. The average molecular weight is 325 g/mol. The van der Waals surface area contributed by atoms with Crippen LogP contribution in [0.5, 0.6) is 0 Å². The maximum absolute atomic E-state index is 11.9. The molecule has 2 fully saturated rings. The summed E-state index contributed by atoms with van der Waals surface area (Å²) >= 11 is 0. The van der Waals surface area contributed by atoms with Crippen molar-refractivity contribution < 1.29 is 19.1 Å². The second-order valence-corrected chi connectivity index (χ2v) is 6.55. The normalized spacial score (nSPS) is 27.3. The molecule has 3 amide bonds. The van der Waals surface area contributed by atoms with Gasteiger partial charge in [-0.05, 0) is 20.8 Å². The number of carbonyl (C=O) groups excluding carboxylic acids is 3. The van der Waals surface area contributed by atoms with Crippen molar-refractivity contribution in [3.05, 3.63) is 0 Å². The molecule has 7 heteroatoms. The van der Waals surface area contributed by atoms with Gasteiger partial charge in [0, 0.05) is 51.5 Å². The van der Waals surface area contributed by atoms with Crippen LogP contribution in [0.25, 0.3) is 0 Å². The summed E-state index contributed by atoms with van der Waals surface area (Å²) in [5.41, 5.74) is 0. The number of hydrogen-bond donors (Lipinski definition) is 1. The third-order valence-electron chi connectivity index (χ3n) is 4.38. The van der Waals surface area contributed by atoms with Gasteiger partial charge >= 0.3 is 0 Å². The van der Waals surface area contributed by atoms with Gasteiger partial charge in [-0.2, -0.15) is 0 Å². The topological polar surface area (TPSA) is 79.0 Å². The Labute approximate surface area is 137 Å². The number of amides is 3. The Balaban J connectivity index is 1.69. The van der Waals surface area contributed by atoms with E-state index in [4.69, 9.17) is 4.74 Å². The lowest BCUT2D eigenvalue weighted by molar-refractivity contribution is -0.138. The molecule has 130 valence electrons. The van der Waals surface area contributed by atoms with E-state index in [9.17, 15) is 14.4 Å². The highest BCUT2D eigenvalue weighted by molar-refractivity contribution is 6.02. The Morgan fingerprint density at radius 3 is 2.35 bits per heavy atom. The zero-order valence-corrected chi connectivity index (χ0v) is 14.2. The van der Waals surface area contributed by atoms with Crippen LogP contribution in [0.2, 0.25) is 0 Å². The van der Waals surface area contributed by atoms with Gasteiger partial charge in [-0.15, -0.1) is 0 Å². The van der Waals surface area contributed by atoms with E-state index in [1.54, 1.807) is 0 Å². The highest BCUT2D eigenvalue weighted by Gasteiger charge is 2.29. The molecule has 1 N–H and O–H groups in total. The lowest BCUT2D eigenvalue weighted by atomic mass is 10.1. The minimum Gasteiger partial charge on any atom is -0.373 e. The number of rotatable bonds is 6. The van der Waals surface area contributed by atoms with Crippen molar-refractivity contribution in [3.63, 3.8) is 0 Å². The molecular weight excluding hydrogens is 298 g/mol. The third-order valence-corrected chi connectivity index (χ3v) is 4.38. The zero-order valence-electron chi connectivity index (χ0n) is 14.2. The van der Waals surface area contributed by atoms with Crippen LogP contribution in [0.15, 0.2) is 0 Å². The van der Waals surface area contributed by atoms with E-state index in [0.29, 0.717) is 6.54 Å². The molecule has 2 aliphatic rings. The van der Waals surface area contributed by atoms with Crippen molar-refractivity contribution in [2.45, 2.75) is 58.3 Å². The summed E-state index contributed by atoms with van der Waals surface area (Å²) in [6, 6.07) is 0.225. The number of hydrogen-bond acceptors (Lipinski definition) is 5. The largest absolute Gasteiger partial charge is 0.373 e. The molecule has 2 saturated heterocycles. The van der Waals surface area contributed by atoms with Crippen LogP contribution < -0.4 is 5.32 Å². The molecule has 0 aliphatic carbocycles. The van der Waals surface area contributed by atoms with E-state index in [1.807, 2.05) is 0 Å². The fourth-order valence-corrected chi connectivity index (χ4v) is 3.14. The maximum atomic E-state index is 11.9. The van der Waals surface area contributed by atoms with E-state index >= 15 is 0 Å². The van der Waals surface area contributed by atoms with Crippen LogP contribution in [0.4, 0.5) is 0 Å². The smallest absolute Gasteiger partial charge is 0.229 e. The van der Waals surface area contributed by atoms with Gasteiger partial charge in [0.15, 0.2) is 0 Å². The quantitative estimate of drug-likeness (QED) is 0.703. The van der Waals surface area contributed by atoms with Crippen molar-refractivity contribution in [3.8, 4) is 0 Å². The summed E-state index contributed by atoms with van der Waals surface area (Å²) in [4.78, 5) is 38.4. The van der Waals surface area contributed by atoms with Crippen molar-refractivity contribution in [1.82, 2.24) is 15.1 Å². The molecule has 0 aromatic rings. The summed E-state index contributed by atoms with van der Waals surface area (Å²) < 4.78 is 5.71. The first-order valence-corrected chi connectivity index (χ1v) is 8.36. The lowest BCUT2D eigenvalue weighted by Crippen LogP contribution is -2.52. The molecule has 0 radical (unpaired) electrons. The van der Waals surface area contributed by atoms with E-state index in [0.717, 1.165) is 13.1 Å². The van der Waals surface area contributed by atoms with Crippen LogP contribution in [0.3, 0.4) is 0 Å². The predicted molar refractivity (Wildman–Crippen MR) is 84.6 cm³/mol. The van der Waals surface area contributed by atoms with E-state index < -0.39 is 0 Å². The highest BCUT2D eigenvalue weighted by Crippen LogP contribution is 2.13. The van der Waals surface area contributed by atoms with Crippen LogP contribution >= 0.6 is 0 Å². The number of imide groups is 1. The van der Waals surface area contributed by atoms with Gasteiger partial charge in [-0.25, -0.2) is 0 Å². The number of morpholine rings is 1. The van der Waals surface area contributed by atoms with Gasteiger partial charge in [-0.1, -0.05) is 0 Å². The molecule has 2 rings (SSSR count). The average Bonchev–Trinajstić information content (AvgIpc) is 2.80. The van der Waals surface area contributed by atoms with Crippen molar-refractivity contribution >= 4 is 17.7 Å². The Hall–Kier alpha value is -1.47. The second-order valence-electron chi connectivity index (χ2n) is 6.55. The van der Waals surface area contributed by atoms with Crippen molar-refractivity contribution in [2.75, 3.05) is 26.2 Å². The van der Waals surface area contributed by atoms with Gasteiger partial charge in [0.05, 0.1) is 12.2 Å². The Bertz CT molecular complexity index is 442. The molecule has 0 saturated carbocycles. The molecule has 23 heavy (non-hydrogen) atoms. The first-order chi connectivity index (χ1) is 10.9. The summed E-state index contributed by atoms with van der Waals surface area (Å²) in [6.07, 6.45) is 1.10. The first-order valence-electron chi connectivity index (χ1n) is 8.36. The number of likely N-dealkylation sites (tertiary alicyclic amines) is 1. The molecule has 0 spiro atoms. The Kier molecular flexibility index (Phi) is 6.12. The molecule has 0 aromatic heterocycles. The molecule has 2 aliphatic heterocycles. The monoisotopic (exact) mass is 325 g/mol. The third kappa shape index (κ3) is 5.00. The maximum Gasteiger partial charge on any atom is 0.229 e. The standard InChI is InChI=1S/C16H27N3O4/c1-11(18-9-12(2)23-13(3)10-18)8-17-14(20)6-7-19-15(21)4-5-16(19)22/h11-13H,4-10H2,1-3H3,(H,17,20)/t11-,12+,13+/m0/s1. The van der Waals surface area contributed by atoms with Crippen molar-refractivity contribution in [1.29, 1.82) is 0 Å². The minimum atomic E-state index is -0.174. The molecule has 0 bridgehead atoms. The number of carbonyl (C=O) groups is 3. The van der Waals surface area contributed by atoms with Gasteiger partial charge in [0.1, 0.15) is 0 Å². The minimum absolute atomic E-state index is 0.126. The van der Waals surface area contributed by atoms with E-state index in [2.05, 4.69) is 31.0 Å². The fourth-order valence-electron chi connectivity index (χ4n) is 3.14. The molecule has 3 atom stereocenters. The summed E-state index contributed by atoms with van der Waals surface area (Å²) in [5, 5.41) is 2.89. The highest BCUT2D eigenvalue weighted by atomic mass is 16.5.